The van der Waals surface area contributed by atoms with E-state index < -0.39 is 6.09 Å². The highest BCUT2D eigenvalue weighted by Gasteiger charge is 2.10. The summed E-state index contributed by atoms with van der Waals surface area (Å²) >= 11 is 0. The van der Waals surface area contributed by atoms with Gasteiger partial charge in [0.05, 0.1) is 0 Å². The summed E-state index contributed by atoms with van der Waals surface area (Å²) < 4.78 is 4.83. The molecule has 0 spiro atoms. The number of aromatic nitrogens is 1. The number of carbonyl (C=O) groups is 1. The van der Waals surface area contributed by atoms with Crippen LogP contribution in [0, 0.1) is 6.92 Å². The molecule has 1 heterocycles. The second kappa shape index (κ2) is 6.95. The van der Waals surface area contributed by atoms with Gasteiger partial charge in [-0.2, -0.15) is 0 Å². The molecule has 4 N–H and O–H groups in total. The lowest BCUT2D eigenvalue weighted by Gasteiger charge is -2.12. The Bertz CT molecular complexity index is 633. The Labute approximate surface area is 124 Å². The van der Waals surface area contributed by atoms with E-state index in [1.807, 2.05) is 6.20 Å². The van der Waals surface area contributed by atoms with Crippen LogP contribution in [0.3, 0.4) is 0 Å². The first-order chi connectivity index (χ1) is 10.1. The standard InChI is InChI=1S/C16H21N3O2/c1-3-6-21-16(20)19-10-13(17)8-12-9-18-15-5-4-11(2)7-14(12)15/h3-5,7,9,13,18H,1,6,8,10,17H2,2H3,(H,19,20)/t13-/m0/s1. The minimum Gasteiger partial charge on any atom is -0.445 e. The number of H-pyrrole nitrogens is 1. The van der Waals surface area contributed by atoms with Gasteiger partial charge in [0.25, 0.3) is 0 Å². The van der Waals surface area contributed by atoms with Gasteiger partial charge >= 0.3 is 6.09 Å². The van der Waals surface area contributed by atoms with E-state index in [9.17, 15) is 4.79 Å². The first kappa shape index (κ1) is 15.1. The quantitative estimate of drug-likeness (QED) is 0.713. The second-order valence-electron chi connectivity index (χ2n) is 5.10. The maximum Gasteiger partial charge on any atom is 0.407 e. The first-order valence-electron chi connectivity index (χ1n) is 6.94. The van der Waals surface area contributed by atoms with Crippen LogP contribution in [0.5, 0.6) is 0 Å². The number of alkyl carbamates (subject to hydrolysis) is 1. The molecule has 0 unspecified atom stereocenters. The molecule has 0 aliphatic rings. The summed E-state index contributed by atoms with van der Waals surface area (Å²) in [6.07, 6.45) is 3.71. The number of hydrogen-bond donors (Lipinski definition) is 3. The summed E-state index contributed by atoms with van der Waals surface area (Å²) in [5.41, 5.74) is 9.53. The van der Waals surface area contributed by atoms with Crippen molar-refractivity contribution in [3.05, 3.63) is 48.2 Å². The van der Waals surface area contributed by atoms with E-state index in [1.54, 1.807) is 0 Å². The fraction of sp³-hybridized carbons (Fsp3) is 0.312. The molecular weight excluding hydrogens is 266 g/mol. The topological polar surface area (TPSA) is 80.1 Å². The summed E-state index contributed by atoms with van der Waals surface area (Å²) in [7, 11) is 0. The van der Waals surface area contributed by atoms with Crippen molar-refractivity contribution in [2.24, 2.45) is 5.73 Å². The molecule has 0 aliphatic heterocycles. The van der Waals surface area contributed by atoms with Crippen molar-refractivity contribution in [3.8, 4) is 0 Å². The van der Waals surface area contributed by atoms with Crippen LogP contribution in [-0.4, -0.2) is 30.3 Å². The van der Waals surface area contributed by atoms with Crippen LogP contribution in [0.15, 0.2) is 37.1 Å². The third-order valence-corrected chi connectivity index (χ3v) is 3.25. The van der Waals surface area contributed by atoms with Crippen molar-refractivity contribution >= 4 is 17.0 Å². The zero-order valence-electron chi connectivity index (χ0n) is 12.2. The molecule has 2 aromatic rings. The number of aromatic amines is 1. The molecular formula is C16H21N3O2. The normalized spacial score (nSPS) is 12.1. The predicted octanol–water partition coefficient (Wildman–Crippen LogP) is 2.26. The lowest BCUT2D eigenvalue weighted by Crippen LogP contribution is -2.38. The molecule has 0 aliphatic carbocycles. The minimum atomic E-state index is -0.472. The summed E-state index contributed by atoms with van der Waals surface area (Å²) in [5, 5.41) is 3.83. The molecule has 1 amide bonds. The summed E-state index contributed by atoms with van der Waals surface area (Å²) in [6.45, 7) is 6.11. The van der Waals surface area contributed by atoms with Gasteiger partial charge in [-0.1, -0.05) is 24.3 Å². The highest BCUT2D eigenvalue weighted by Crippen LogP contribution is 2.20. The van der Waals surface area contributed by atoms with E-state index in [-0.39, 0.29) is 12.6 Å². The third-order valence-electron chi connectivity index (χ3n) is 3.25. The van der Waals surface area contributed by atoms with Gasteiger partial charge in [0.2, 0.25) is 0 Å². The third kappa shape index (κ3) is 4.10. The number of amides is 1. The maximum atomic E-state index is 11.3. The van der Waals surface area contributed by atoms with Crippen molar-refractivity contribution in [3.63, 3.8) is 0 Å². The van der Waals surface area contributed by atoms with E-state index in [0.29, 0.717) is 13.0 Å². The van der Waals surface area contributed by atoms with Gasteiger partial charge in [0.1, 0.15) is 6.61 Å². The summed E-state index contributed by atoms with van der Waals surface area (Å²) in [6, 6.07) is 6.10. The van der Waals surface area contributed by atoms with Gasteiger partial charge in [-0.25, -0.2) is 4.79 Å². The van der Waals surface area contributed by atoms with Crippen molar-refractivity contribution in [1.29, 1.82) is 0 Å². The van der Waals surface area contributed by atoms with Crippen molar-refractivity contribution < 1.29 is 9.53 Å². The Hall–Kier alpha value is -2.27. The molecule has 2 rings (SSSR count). The fourth-order valence-corrected chi connectivity index (χ4v) is 2.22. The number of hydrogen-bond acceptors (Lipinski definition) is 3. The van der Waals surface area contributed by atoms with Crippen molar-refractivity contribution in [2.45, 2.75) is 19.4 Å². The SMILES string of the molecule is C=CCOC(=O)NC[C@@H](N)Cc1c[nH]c2ccc(C)cc12. The molecule has 1 aromatic heterocycles. The molecule has 21 heavy (non-hydrogen) atoms. The number of nitrogens with one attached hydrogen (secondary N) is 2. The molecule has 0 fully saturated rings. The molecule has 1 atom stereocenters. The zero-order chi connectivity index (χ0) is 15.2. The van der Waals surface area contributed by atoms with E-state index in [4.69, 9.17) is 10.5 Å². The zero-order valence-corrected chi connectivity index (χ0v) is 12.2. The molecule has 0 saturated carbocycles. The average molecular weight is 287 g/mol. The van der Waals surface area contributed by atoms with Crippen LogP contribution in [0.2, 0.25) is 0 Å². The van der Waals surface area contributed by atoms with E-state index >= 15 is 0 Å². The highest BCUT2D eigenvalue weighted by molar-refractivity contribution is 5.83. The van der Waals surface area contributed by atoms with Crippen molar-refractivity contribution in [2.75, 3.05) is 13.2 Å². The van der Waals surface area contributed by atoms with Gasteiger partial charge in [0, 0.05) is 29.7 Å². The molecule has 5 nitrogen and oxygen atoms in total. The number of nitrogens with two attached hydrogens (primary N) is 1. The van der Waals surface area contributed by atoms with Gasteiger partial charge in [0.15, 0.2) is 0 Å². The molecule has 0 saturated heterocycles. The monoisotopic (exact) mass is 287 g/mol. The Kier molecular flexibility index (Phi) is 5.00. The summed E-state index contributed by atoms with van der Waals surface area (Å²) in [5.74, 6) is 0. The van der Waals surface area contributed by atoms with Crippen LogP contribution < -0.4 is 11.1 Å². The molecule has 112 valence electrons. The Morgan fingerprint density at radius 2 is 2.38 bits per heavy atom. The largest absolute Gasteiger partial charge is 0.445 e. The van der Waals surface area contributed by atoms with Crippen LogP contribution >= 0.6 is 0 Å². The smallest absolute Gasteiger partial charge is 0.407 e. The summed E-state index contributed by atoms with van der Waals surface area (Å²) in [4.78, 5) is 14.6. The number of fused-ring (bicyclic) bond motifs is 1. The predicted molar refractivity (Wildman–Crippen MR) is 84.3 cm³/mol. The van der Waals surface area contributed by atoms with Crippen LogP contribution in [0.1, 0.15) is 11.1 Å². The van der Waals surface area contributed by atoms with Gasteiger partial charge in [-0.05, 0) is 31.0 Å². The van der Waals surface area contributed by atoms with Gasteiger partial charge in [-0.15, -0.1) is 0 Å². The lowest BCUT2D eigenvalue weighted by molar-refractivity contribution is 0.157. The number of carbonyl (C=O) groups excluding carboxylic acids is 1. The molecule has 5 heteroatoms. The number of ether oxygens (including phenoxy) is 1. The average Bonchev–Trinajstić information content (AvgIpc) is 2.85. The fourth-order valence-electron chi connectivity index (χ4n) is 2.22. The van der Waals surface area contributed by atoms with Crippen LogP contribution in [0.4, 0.5) is 4.79 Å². The molecule has 1 aromatic carbocycles. The van der Waals surface area contributed by atoms with E-state index in [1.165, 1.54) is 17.0 Å². The Balaban J connectivity index is 1.92. The Morgan fingerprint density at radius 1 is 1.57 bits per heavy atom. The highest BCUT2D eigenvalue weighted by atomic mass is 16.5. The Morgan fingerprint density at radius 3 is 3.14 bits per heavy atom. The second-order valence-corrected chi connectivity index (χ2v) is 5.10. The van der Waals surface area contributed by atoms with Gasteiger partial charge < -0.3 is 20.8 Å². The van der Waals surface area contributed by atoms with E-state index in [2.05, 4.69) is 42.0 Å². The van der Waals surface area contributed by atoms with Crippen LogP contribution in [0.25, 0.3) is 10.9 Å². The van der Waals surface area contributed by atoms with Crippen LogP contribution in [-0.2, 0) is 11.2 Å². The number of benzene rings is 1. The maximum absolute atomic E-state index is 11.3. The minimum absolute atomic E-state index is 0.166. The molecule has 0 bridgehead atoms. The first-order valence-corrected chi connectivity index (χ1v) is 6.94. The number of aryl methyl sites for hydroxylation is 1. The van der Waals surface area contributed by atoms with Gasteiger partial charge in [-0.3, -0.25) is 0 Å². The molecule has 0 radical (unpaired) electrons. The van der Waals surface area contributed by atoms with E-state index in [0.717, 1.165) is 11.1 Å². The lowest BCUT2D eigenvalue weighted by atomic mass is 10.0. The number of rotatable bonds is 6. The van der Waals surface area contributed by atoms with Crippen molar-refractivity contribution in [1.82, 2.24) is 10.3 Å².